The number of rotatable bonds is 7. The Hall–Kier alpha value is -3.19. The molecule has 2 amide bonds. The average molecular weight is 420 g/mol. The normalized spacial score (nSPS) is 17.0. The third-order valence-corrected chi connectivity index (χ3v) is 5.98. The maximum atomic E-state index is 12.9. The number of aryl methyl sites for hydroxylation is 1. The van der Waals surface area contributed by atoms with E-state index in [1.807, 2.05) is 37.6 Å². The van der Waals surface area contributed by atoms with E-state index in [4.69, 9.17) is 0 Å². The van der Waals surface area contributed by atoms with Crippen LogP contribution in [0.2, 0.25) is 0 Å². The van der Waals surface area contributed by atoms with Gasteiger partial charge in [-0.05, 0) is 28.3 Å². The lowest BCUT2D eigenvalue weighted by atomic mass is 10.0. The molecule has 0 unspecified atom stereocenters. The zero-order valence-corrected chi connectivity index (χ0v) is 18.1. The summed E-state index contributed by atoms with van der Waals surface area (Å²) in [5.41, 5.74) is 2.27. The smallest absolute Gasteiger partial charge is 0.237 e. The SMILES string of the molecule is CN(CCc1cnn(C)c1)C(=O)C[C@H]1C(=O)NCCN1Cc1cccc2ccccc12. The second kappa shape index (κ2) is 9.31. The van der Waals surface area contributed by atoms with Crippen LogP contribution in [0.4, 0.5) is 0 Å². The highest BCUT2D eigenvalue weighted by Gasteiger charge is 2.32. The second-order valence-electron chi connectivity index (χ2n) is 8.21. The van der Waals surface area contributed by atoms with Crippen molar-refractivity contribution in [2.24, 2.45) is 7.05 Å². The number of hydrogen-bond donors (Lipinski definition) is 1. The van der Waals surface area contributed by atoms with E-state index in [2.05, 4.69) is 39.6 Å². The minimum absolute atomic E-state index is 0.0196. The van der Waals surface area contributed by atoms with E-state index >= 15 is 0 Å². The first-order chi connectivity index (χ1) is 15.0. The number of carbonyl (C=O) groups is 2. The van der Waals surface area contributed by atoms with Crippen molar-refractivity contribution in [1.29, 1.82) is 0 Å². The van der Waals surface area contributed by atoms with Crippen LogP contribution in [-0.2, 0) is 29.6 Å². The first-order valence-corrected chi connectivity index (χ1v) is 10.7. The van der Waals surface area contributed by atoms with Crippen molar-refractivity contribution >= 4 is 22.6 Å². The van der Waals surface area contributed by atoms with Crippen molar-refractivity contribution in [3.05, 3.63) is 66.0 Å². The lowest BCUT2D eigenvalue weighted by Gasteiger charge is -2.35. The fourth-order valence-corrected chi connectivity index (χ4v) is 4.17. The Morgan fingerprint density at radius 2 is 2.03 bits per heavy atom. The number of piperazine rings is 1. The van der Waals surface area contributed by atoms with Gasteiger partial charge in [-0.3, -0.25) is 19.2 Å². The molecule has 2 aromatic carbocycles. The number of amides is 2. The van der Waals surface area contributed by atoms with Crippen molar-refractivity contribution < 1.29 is 9.59 Å². The molecule has 1 aliphatic rings. The Bertz CT molecular complexity index is 1070. The monoisotopic (exact) mass is 419 g/mol. The summed E-state index contributed by atoms with van der Waals surface area (Å²) in [4.78, 5) is 29.4. The van der Waals surface area contributed by atoms with Gasteiger partial charge in [-0.2, -0.15) is 5.10 Å². The van der Waals surface area contributed by atoms with Gasteiger partial charge in [0.25, 0.3) is 0 Å². The highest BCUT2D eigenvalue weighted by atomic mass is 16.2. The summed E-state index contributed by atoms with van der Waals surface area (Å²) in [6, 6.07) is 14.1. The zero-order valence-electron chi connectivity index (χ0n) is 18.1. The highest BCUT2D eigenvalue weighted by Crippen LogP contribution is 2.22. The lowest BCUT2D eigenvalue weighted by molar-refractivity contribution is -0.138. The van der Waals surface area contributed by atoms with Crippen molar-refractivity contribution in [2.75, 3.05) is 26.7 Å². The quantitative estimate of drug-likeness (QED) is 0.636. The fraction of sp³-hybridized carbons (Fsp3) is 0.375. The molecule has 1 atom stereocenters. The molecule has 0 radical (unpaired) electrons. The molecule has 0 aliphatic carbocycles. The number of nitrogens with zero attached hydrogens (tertiary/aromatic N) is 4. The van der Waals surface area contributed by atoms with Gasteiger partial charge in [0.05, 0.1) is 18.7 Å². The van der Waals surface area contributed by atoms with Gasteiger partial charge in [0, 0.05) is 46.5 Å². The zero-order chi connectivity index (χ0) is 21.8. The Kier molecular flexibility index (Phi) is 6.32. The number of likely N-dealkylation sites (N-methyl/N-ethyl adjacent to an activating group) is 1. The van der Waals surface area contributed by atoms with Crippen LogP contribution in [0.3, 0.4) is 0 Å². The lowest BCUT2D eigenvalue weighted by Crippen LogP contribution is -2.56. The van der Waals surface area contributed by atoms with E-state index in [-0.39, 0.29) is 18.2 Å². The third kappa shape index (κ3) is 4.94. The van der Waals surface area contributed by atoms with Crippen LogP contribution in [0.1, 0.15) is 17.5 Å². The topological polar surface area (TPSA) is 70.5 Å². The molecular weight excluding hydrogens is 390 g/mol. The van der Waals surface area contributed by atoms with E-state index in [0.717, 1.165) is 18.5 Å². The first-order valence-electron chi connectivity index (χ1n) is 10.7. The van der Waals surface area contributed by atoms with Gasteiger partial charge < -0.3 is 10.2 Å². The fourth-order valence-electron chi connectivity index (χ4n) is 4.17. The molecule has 31 heavy (non-hydrogen) atoms. The van der Waals surface area contributed by atoms with Gasteiger partial charge in [0.15, 0.2) is 0 Å². The molecule has 162 valence electrons. The van der Waals surface area contributed by atoms with Crippen molar-refractivity contribution in [1.82, 2.24) is 24.9 Å². The van der Waals surface area contributed by atoms with E-state index < -0.39 is 6.04 Å². The number of aromatic nitrogens is 2. The van der Waals surface area contributed by atoms with Gasteiger partial charge in [-0.15, -0.1) is 0 Å². The molecule has 0 bridgehead atoms. The summed E-state index contributed by atoms with van der Waals surface area (Å²) in [5, 5.41) is 9.47. The van der Waals surface area contributed by atoms with Crippen LogP contribution in [0.25, 0.3) is 10.8 Å². The summed E-state index contributed by atoms with van der Waals surface area (Å²) in [6.45, 7) is 2.58. The molecular formula is C24H29N5O2. The van der Waals surface area contributed by atoms with Gasteiger partial charge >= 0.3 is 0 Å². The first kappa shape index (κ1) is 21.1. The molecule has 7 heteroatoms. The highest BCUT2D eigenvalue weighted by molar-refractivity contribution is 5.89. The minimum atomic E-state index is -0.457. The van der Waals surface area contributed by atoms with E-state index in [1.165, 1.54) is 16.3 Å². The Morgan fingerprint density at radius 3 is 2.84 bits per heavy atom. The number of benzene rings is 2. The van der Waals surface area contributed by atoms with Gasteiger partial charge in [0.1, 0.15) is 0 Å². The van der Waals surface area contributed by atoms with Crippen molar-refractivity contribution in [2.45, 2.75) is 25.4 Å². The summed E-state index contributed by atoms with van der Waals surface area (Å²) < 4.78 is 1.76. The van der Waals surface area contributed by atoms with Gasteiger partial charge in [-0.1, -0.05) is 42.5 Å². The number of fused-ring (bicyclic) bond motifs is 1. The summed E-state index contributed by atoms with van der Waals surface area (Å²) >= 11 is 0. The summed E-state index contributed by atoms with van der Waals surface area (Å²) in [5.74, 6) is -0.0886. The number of hydrogen-bond acceptors (Lipinski definition) is 4. The predicted octanol–water partition coefficient (Wildman–Crippen LogP) is 1.96. The standard InChI is InChI=1S/C24H29N5O2/c1-27(12-10-18-15-26-28(2)16-18)23(30)14-22-24(31)25-11-13-29(22)17-20-8-5-7-19-6-3-4-9-21(19)20/h3-9,15-16,22H,10-14,17H2,1-2H3,(H,25,31)/t22-/m0/s1. The van der Waals surface area contributed by atoms with Crippen LogP contribution in [0.5, 0.6) is 0 Å². The van der Waals surface area contributed by atoms with Crippen LogP contribution in [0.15, 0.2) is 54.9 Å². The van der Waals surface area contributed by atoms with Gasteiger partial charge in [0.2, 0.25) is 11.8 Å². The number of carbonyl (C=O) groups excluding carboxylic acids is 2. The summed E-state index contributed by atoms with van der Waals surface area (Å²) in [6.07, 6.45) is 4.70. The maximum absolute atomic E-state index is 12.9. The maximum Gasteiger partial charge on any atom is 0.237 e. The number of nitrogens with one attached hydrogen (secondary N) is 1. The largest absolute Gasteiger partial charge is 0.353 e. The van der Waals surface area contributed by atoms with Crippen LogP contribution in [-0.4, -0.2) is 64.1 Å². The average Bonchev–Trinajstić information content (AvgIpc) is 3.19. The predicted molar refractivity (Wildman–Crippen MR) is 120 cm³/mol. The minimum Gasteiger partial charge on any atom is -0.353 e. The van der Waals surface area contributed by atoms with Crippen LogP contribution >= 0.6 is 0 Å². The molecule has 3 aromatic rings. The third-order valence-electron chi connectivity index (χ3n) is 5.98. The Labute approximate surface area is 182 Å². The summed E-state index contributed by atoms with van der Waals surface area (Å²) in [7, 11) is 3.68. The van der Waals surface area contributed by atoms with E-state index in [0.29, 0.717) is 19.6 Å². The molecule has 4 rings (SSSR count). The molecule has 1 aliphatic heterocycles. The van der Waals surface area contributed by atoms with Gasteiger partial charge in [-0.25, -0.2) is 0 Å². The molecule has 1 fully saturated rings. The molecule has 1 saturated heterocycles. The molecule has 0 saturated carbocycles. The molecule has 1 aromatic heterocycles. The molecule has 2 heterocycles. The van der Waals surface area contributed by atoms with Crippen molar-refractivity contribution in [3.63, 3.8) is 0 Å². The molecule has 7 nitrogen and oxygen atoms in total. The second-order valence-corrected chi connectivity index (χ2v) is 8.21. The Balaban J connectivity index is 1.43. The Morgan fingerprint density at radius 1 is 1.23 bits per heavy atom. The molecule has 0 spiro atoms. The van der Waals surface area contributed by atoms with Crippen molar-refractivity contribution in [3.8, 4) is 0 Å². The van der Waals surface area contributed by atoms with E-state index in [1.54, 1.807) is 16.6 Å². The van der Waals surface area contributed by atoms with Crippen LogP contribution in [0, 0.1) is 0 Å². The molecule has 1 N–H and O–H groups in total. The van der Waals surface area contributed by atoms with E-state index in [9.17, 15) is 9.59 Å². The van der Waals surface area contributed by atoms with Crippen LogP contribution < -0.4 is 5.32 Å².